The number of hydrogen-bond donors (Lipinski definition) is 1. The molecule has 2 aliphatic rings. The third-order valence-corrected chi connectivity index (χ3v) is 8.27. The molecule has 0 bridgehead atoms. The van der Waals surface area contributed by atoms with E-state index in [-0.39, 0.29) is 17.8 Å². The molecule has 2 rings (SSSR count). The van der Waals surface area contributed by atoms with Gasteiger partial charge in [-0.15, -0.1) is 0 Å². The Labute approximate surface area is 188 Å². The number of carbonyl (C=O) groups is 3. The molecule has 1 aliphatic carbocycles. The number of ether oxygens (including phenoxy) is 2. The number of esters is 2. The first-order valence-corrected chi connectivity index (χ1v) is 13.2. The second kappa shape index (κ2) is 13.5. The van der Waals surface area contributed by atoms with Crippen molar-refractivity contribution in [3.63, 3.8) is 0 Å². The number of hydrogen-bond acceptors (Lipinski definition) is 8. The van der Waals surface area contributed by atoms with Gasteiger partial charge in [0, 0.05) is 29.1 Å². The number of amides is 1. The molecule has 0 radical (unpaired) electrons. The molecule has 0 aromatic carbocycles. The van der Waals surface area contributed by atoms with Crippen molar-refractivity contribution in [1.29, 1.82) is 0 Å². The molecule has 0 spiro atoms. The Hall–Kier alpha value is -0.930. The van der Waals surface area contributed by atoms with Gasteiger partial charge in [0.1, 0.15) is 12.1 Å². The van der Waals surface area contributed by atoms with E-state index in [2.05, 4.69) is 5.32 Å². The van der Waals surface area contributed by atoms with Crippen molar-refractivity contribution in [2.24, 2.45) is 0 Å². The average Bonchev–Trinajstić information content (AvgIpc) is 3.43. The highest BCUT2D eigenvalue weighted by Gasteiger charge is 2.37. The van der Waals surface area contributed by atoms with Crippen LogP contribution in [0.25, 0.3) is 0 Å². The van der Waals surface area contributed by atoms with Crippen LogP contribution < -0.4 is 5.32 Å². The lowest BCUT2D eigenvalue weighted by Gasteiger charge is -2.28. The van der Waals surface area contributed by atoms with Crippen LogP contribution in [0.5, 0.6) is 0 Å². The SMILES string of the molecule is CCOC(=O)[C@H](CSCCSC1CCCC1)NC(C)C(=O)N1CCC[C@H]1C(=O)OC. The van der Waals surface area contributed by atoms with Crippen LogP contribution in [0.15, 0.2) is 0 Å². The summed E-state index contributed by atoms with van der Waals surface area (Å²) in [5, 5.41) is 3.94. The van der Waals surface area contributed by atoms with Crippen molar-refractivity contribution in [2.75, 3.05) is 37.5 Å². The third kappa shape index (κ3) is 7.64. The summed E-state index contributed by atoms with van der Waals surface area (Å²) in [4.78, 5) is 38.8. The van der Waals surface area contributed by atoms with Gasteiger partial charge in [-0.3, -0.25) is 14.9 Å². The molecule has 1 aliphatic heterocycles. The van der Waals surface area contributed by atoms with Gasteiger partial charge in [-0.1, -0.05) is 12.8 Å². The minimum Gasteiger partial charge on any atom is -0.467 e. The first kappa shape index (κ1) is 25.3. The largest absolute Gasteiger partial charge is 0.467 e. The molecule has 0 aromatic heterocycles. The first-order chi connectivity index (χ1) is 14.5. The Kier molecular flexibility index (Phi) is 11.4. The molecule has 1 heterocycles. The summed E-state index contributed by atoms with van der Waals surface area (Å²) in [7, 11) is 1.34. The van der Waals surface area contributed by atoms with Gasteiger partial charge in [-0.25, -0.2) is 4.79 Å². The molecule has 1 saturated heterocycles. The minimum absolute atomic E-state index is 0.181. The van der Waals surface area contributed by atoms with Gasteiger partial charge < -0.3 is 14.4 Å². The molecular formula is C21H36N2O5S2. The molecule has 0 aromatic rings. The van der Waals surface area contributed by atoms with Crippen LogP contribution in [0.4, 0.5) is 0 Å². The highest BCUT2D eigenvalue weighted by atomic mass is 32.2. The van der Waals surface area contributed by atoms with Crippen molar-refractivity contribution in [3.05, 3.63) is 0 Å². The van der Waals surface area contributed by atoms with Crippen molar-refractivity contribution < 1.29 is 23.9 Å². The van der Waals surface area contributed by atoms with Crippen molar-refractivity contribution >= 4 is 41.4 Å². The Balaban J connectivity index is 1.83. The Bertz CT molecular complexity index is 572. The van der Waals surface area contributed by atoms with Crippen LogP contribution in [-0.4, -0.2) is 83.6 Å². The van der Waals surface area contributed by atoms with Gasteiger partial charge in [0.2, 0.25) is 5.91 Å². The first-order valence-electron chi connectivity index (χ1n) is 11.0. The lowest BCUT2D eigenvalue weighted by atomic mass is 10.2. The molecule has 1 saturated carbocycles. The molecule has 3 atom stereocenters. The van der Waals surface area contributed by atoms with Crippen molar-refractivity contribution in [3.8, 4) is 0 Å². The van der Waals surface area contributed by atoms with E-state index in [1.165, 1.54) is 32.8 Å². The van der Waals surface area contributed by atoms with Crippen LogP contribution in [0.1, 0.15) is 52.4 Å². The quantitative estimate of drug-likeness (QED) is 0.351. The maximum Gasteiger partial charge on any atom is 0.328 e. The number of thioether (sulfide) groups is 2. The van der Waals surface area contributed by atoms with E-state index in [1.54, 1.807) is 30.5 Å². The lowest BCUT2D eigenvalue weighted by molar-refractivity contribution is -0.152. The zero-order valence-electron chi connectivity index (χ0n) is 18.4. The monoisotopic (exact) mass is 460 g/mol. The molecule has 1 amide bonds. The van der Waals surface area contributed by atoms with E-state index in [0.717, 1.165) is 23.2 Å². The fourth-order valence-corrected chi connectivity index (χ4v) is 6.48. The molecule has 1 N–H and O–H groups in total. The van der Waals surface area contributed by atoms with E-state index >= 15 is 0 Å². The number of carbonyl (C=O) groups excluding carboxylic acids is 3. The van der Waals surface area contributed by atoms with Gasteiger partial charge in [0.25, 0.3) is 0 Å². The van der Waals surface area contributed by atoms with Gasteiger partial charge in [-0.05, 0) is 39.5 Å². The molecule has 7 nitrogen and oxygen atoms in total. The summed E-state index contributed by atoms with van der Waals surface area (Å²) in [6.45, 7) is 4.35. The smallest absolute Gasteiger partial charge is 0.328 e. The van der Waals surface area contributed by atoms with E-state index < -0.39 is 18.1 Å². The number of methoxy groups -OCH3 is 1. The molecule has 30 heavy (non-hydrogen) atoms. The third-order valence-electron chi connectivity index (χ3n) is 5.57. The van der Waals surface area contributed by atoms with E-state index in [0.29, 0.717) is 25.3 Å². The zero-order chi connectivity index (χ0) is 21.9. The van der Waals surface area contributed by atoms with E-state index in [4.69, 9.17) is 9.47 Å². The Morgan fingerprint density at radius 2 is 1.87 bits per heavy atom. The fraction of sp³-hybridized carbons (Fsp3) is 0.857. The maximum atomic E-state index is 12.9. The van der Waals surface area contributed by atoms with E-state index in [1.807, 2.05) is 11.8 Å². The van der Waals surface area contributed by atoms with Gasteiger partial charge >= 0.3 is 11.9 Å². The molecule has 9 heteroatoms. The second-order valence-corrected chi connectivity index (χ2v) is 10.3. The zero-order valence-corrected chi connectivity index (χ0v) is 20.0. The maximum absolute atomic E-state index is 12.9. The lowest BCUT2D eigenvalue weighted by Crippen LogP contribution is -2.54. The highest BCUT2D eigenvalue weighted by Crippen LogP contribution is 2.29. The molecule has 1 unspecified atom stereocenters. The summed E-state index contributed by atoms with van der Waals surface area (Å²) < 4.78 is 10.0. The number of likely N-dealkylation sites (tertiary alicyclic amines) is 1. The predicted molar refractivity (Wildman–Crippen MR) is 122 cm³/mol. The predicted octanol–water partition coefficient (Wildman–Crippen LogP) is 2.47. The number of nitrogens with zero attached hydrogens (tertiary/aromatic N) is 1. The number of nitrogens with one attached hydrogen (secondary N) is 1. The Morgan fingerprint density at radius 1 is 1.13 bits per heavy atom. The number of rotatable bonds is 12. The van der Waals surface area contributed by atoms with Gasteiger partial charge in [0.15, 0.2) is 0 Å². The normalized spacial score (nSPS) is 21.4. The standard InChI is InChI=1S/C21H36N2O5S2/c1-4-28-20(25)17(14-29-12-13-30-16-8-5-6-9-16)22-15(2)19(24)23-11-7-10-18(23)21(26)27-3/h15-18,22H,4-14H2,1-3H3/t15?,17-,18-/m0/s1. The topological polar surface area (TPSA) is 84.9 Å². The minimum atomic E-state index is -0.585. The van der Waals surface area contributed by atoms with Crippen LogP contribution in [0.3, 0.4) is 0 Å². The average molecular weight is 461 g/mol. The van der Waals surface area contributed by atoms with Crippen LogP contribution >= 0.6 is 23.5 Å². The van der Waals surface area contributed by atoms with Gasteiger partial charge in [-0.2, -0.15) is 23.5 Å². The van der Waals surface area contributed by atoms with E-state index in [9.17, 15) is 14.4 Å². The van der Waals surface area contributed by atoms with Crippen molar-refractivity contribution in [2.45, 2.75) is 75.7 Å². The highest BCUT2D eigenvalue weighted by molar-refractivity contribution is 8.03. The second-order valence-electron chi connectivity index (χ2n) is 7.76. The van der Waals surface area contributed by atoms with Crippen LogP contribution in [0, 0.1) is 0 Å². The molecule has 2 fully saturated rings. The fourth-order valence-electron chi connectivity index (χ4n) is 3.99. The summed E-state index contributed by atoms with van der Waals surface area (Å²) >= 11 is 3.74. The van der Waals surface area contributed by atoms with Gasteiger partial charge in [0.05, 0.1) is 19.8 Å². The molecule has 172 valence electrons. The van der Waals surface area contributed by atoms with Crippen molar-refractivity contribution in [1.82, 2.24) is 10.2 Å². The summed E-state index contributed by atoms with van der Waals surface area (Å²) in [6, 6.07) is -1.67. The summed E-state index contributed by atoms with van der Waals surface area (Å²) in [5.41, 5.74) is 0. The van der Waals surface area contributed by atoms with Crippen LogP contribution in [0.2, 0.25) is 0 Å². The summed E-state index contributed by atoms with van der Waals surface area (Å²) in [5.74, 6) is 1.71. The Morgan fingerprint density at radius 3 is 2.53 bits per heavy atom. The van der Waals surface area contributed by atoms with Crippen LogP contribution in [-0.2, 0) is 23.9 Å². The molecular weight excluding hydrogens is 424 g/mol. The summed E-state index contributed by atoms with van der Waals surface area (Å²) in [6.07, 6.45) is 6.73.